The number of benzene rings is 3. The Kier molecular flexibility index (Phi) is 4.58. The molecule has 0 aliphatic heterocycles. The largest absolute Gasteiger partial charge is 0.508 e. The summed E-state index contributed by atoms with van der Waals surface area (Å²) in [7, 11) is -3.91. The van der Waals surface area contributed by atoms with Crippen molar-refractivity contribution in [3.8, 4) is 22.7 Å². The Balaban J connectivity index is 1.82. The average Bonchev–Trinajstić information content (AvgIpc) is 3.18. The summed E-state index contributed by atoms with van der Waals surface area (Å²) in [6, 6.07) is 24.3. The van der Waals surface area contributed by atoms with Crippen LogP contribution in [-0.4, -0.2) is 23.3 Å². The zero-order valence-corrected chi connectivity index (χ0v) is 15.5. The number of para-hydroxylation sites is 1. The quantitative estimate of drug-likeness (QED) is 0.503. The summed E-state index contributed by atoms with van der Waals surface area (Å²) >= 11 is 0. The first kappa shape index (κ1) is 17.8. The van der Waals surface area contributed by atoms with Gasteiger partial charge in [-0.05, 0) is 36.4 Å². The zero-order chi connectivity index (χ0) is 19.6. The van der Waals surface area contributed by atoms with E-state index < -0.39 is 10.0 Å². The van der Waals surface area contributed by atoms with Crippen molar-refractivity contribution in [2.75, 3.05) is 4.72 Å². The van der Waals surface area contributed by atoms with Gasteiger partial charge in [0.1, 0.15) is 16.3 Å². The molecular weight excluding hydrogens is 374 g/mol. The van der Waals surface area contributed by atoms with Gasteiger partial charge in [-0.2, -0.15) is 5.10 Å². The summed E-state index contributed by atoms with van der Waals surface area (Å²) in [5.41, 5.74) is 2.16. The monoisotopic (exact) mass is 391 g/mol. The summed E-state index contributed by atoms with van der Waals surface area (Å²) in [5, 5.41) is 13.9. The lowest BCUT2D eigenvalue weighted by atomic mass is 10.2. The molecule has 0 radical (unpaired) electrons. The minimum atomic E-state index is -3.91. The molecule has 0 spiro atoms. The number of phenols is 1. The molecule has 1 aromatic heterocycles. The molecular formula is C21H17N3O3S. The Morgan fingerprint density at radius 1 is 0.821 bits per heavy atom. The maximum Gasteiger partial charge on any atom is 0.265 e. The third-order valence-corrected chi connectivity index (χ3v) is 5.54. The number of sulfonamides is 1. The first-order valence-corrected chi connectivity index (χ1v) is 10.0. The van der Waals surface area contributed by atoms with Crippen molar-refractivity contribution in [2.45, 2.75) is 4.90 Å². The number of nitrogens with zero attached hydrogens (tertiary/aromatic N) is 2. The number of phenolic OH excluding ortho intramolecular Hbond substituents is 1. The molecule has 6 nitrogen and oxygen atoms in total. The van der Waals surface area contributed by atoms with E-state index >= 15 is 0 Å². The van der Waals surface area contributed by atoms with Crippen molar-refractivity contribution in [3.63, 3.8) is 0 Å². The summed E-state index contributed by atoms with van der Waals surface area (Å²) in [6.45, 7) is 0. The van der Waals surface area contributed by atoms with E-state index in [9.17, 15) is 13.5 Å². The summed E-state index contributed by atoms with van der Waals surface area (Å²) in [5.74, 6) is 0.0600. The topological polar surface area (TPSA) is 84.2 Å². The van der Waals surface area contributed by atoms with Crippen LogP contribution in [0, 0.1) is 0 Å². The second-order valence-electron chi connectivity index (χ2n) is 6.14. The molecule has 2 N–H and O–H groups in total. The summed E-state index contributed by atoms with van der Waals surface area (Å²) in [4.78, 5) is 0.0654. The van der Waals surface area contributed by atoms with Gasteiger partial charge in [0, 0.05) is 11.3 Å². The molecule has 4 rings (SSSR count). The van der Waals surface area contributed by atoms with Crippen molar-refractivity contribution in [2.24, 2.45) is 0 Å². The third-order valence-electron chi connectivity index (χ3n) is 4.16. The molecule has 7 heteroatoms. The molecule has 140 valence electrons. The average molecular weight is 391 g/mol. The zero-order valence-electron chi connectivity index (χ0n) is 14.7. The molecule has 0 aliphatic carbocycles. The molecule has 1 heterocycles. The number of aromatic hydroxyl groups is 1. The fourth-order valence-corrected chi connectivity index (χ4v) is 4.01. The van der Waals surface area contributed by atoms with Crippen molar-refractivity contribution < 1.29 is 13.5 Å². The molecule has 4 aromatic rings. The predicted octanol–water partition coefficient (Wildman–Crippen LogP) is 4.05. The Bertz CT molecular complexity index is 1190. The van der Waals surface area contributed by atoms with Gasteiger partial charge in [-0.3, -0.25) is 4.72 Å². The van der Waals surface area contributed by atoms with E-state index in [2.05, 4.69) is 9.82 Å². The number of nitrogens with one attached hydrogen (secondary N) is 1. The van der Waals surface area contributed by atoms with Gasteiger partial charge >= 0.3 is 0 Å². The molecule has 0 fully saturated rings. The highest BCUT2D eigenvalue weighted by atomic mass is 32.2. The van der Waals surface area contributed by atoms with E-state index in [-0.39, 0.29) is 10.6 Å². The van der Waals surface area contributed by atoms with Gasteiger partial charge in [0.2, 0.25) is 0 Å². The van der Waals surface area contributed by atoms with Gasteiger partial charge in [-0.25, -0.2) is 13.1 Å². The van der Waals surface area contributed by atoms with Crippen LogP contribution >= 0.6 is 0 Å². The van der Waals surface area contributed by atoms with Gasteiger partial charge in [0.05, 0.1) is 11.9 Å². The number of aromatic nitrogens is 2. The van der Waals surface area contributed by atoms with Crippen LogP contribution in [0.4, 0.5) is 5.69 Å². The highest BCUT2D eigenvalue weighted by Gasteiger charge is 2.24. The smallest absolute Gasteiger partial charge is 0.265 e. The normalized spacial score (nSPS) is 11.3. The second kappa shape index (κ2) is 7.21. The predicted molar refractivity (Wildman–Crippen MR) is 108 cm³/mol. The second-order valence-corrected chi connectivity index (χ2v) is 7.79. The van der Waals surface area contributed by atoms with E-state index in [0.29, 0.717) is 16.9 Å². The van der Waals surface area contributed by atoms with E-state index in [1.165, 1.54) is 30.5 Å². The Morgan fingerprint density at radius 2 is 1.43 bits per heavy atom. The van der Waals surface area contributed by atoms with Crippen LogP contribution in [0.25, 0.3) is 16.9 Å². The molecule has 0 unspecified atom stereocenters. The van der Waals surface area contributed by atoms with Crippen molar-refractivity contribution >= 4 is 15.7 Å². The Morgan fingerprint density at radius 3 is 2.07 bits per heavy atom. The van der Waals surface area contributed by atoms with Crippen molar-refractivity contribution in [1.29, 1.82) is 0 Å². The van der Waals surface area contributed by atoms with Crippen LogP contribution in [-0.2, 0) is 10.0 Å². The van der Waals surface area contributed by atoms with Crippen molar-refractivity contribution in [1.82, 2.24) is 9.78 Å². The van der Waals surface area contributed by atoms with Crippen LogP contribution in [0.15, 0.2) is 96.0 Å². The van der Waals surface area contributed by atoms with Crippen LogP contribution in [0.2, 0.25) is 0 Å². The van der Waals surface area contributed by atoms with Crippen LogP contribution in [0.1, 0.15) is 0 Å². The first-order valence-electron chi connectivity index (χ1n) is 8.55. The summed E-state index contributed by atoms with van der Waals surface area (Å²) in [6.07, 6.45) is 1.50. The highest BCUT2D eigenvalue weighted by Crippen LogP contribution is 2.29. The fourth-order valence-electron chi connectivity index (χ4n) is 2.80. The Hall–Kier alpha value is -3.58. The molecule has 28 heavy (non-hydrogen) atoms. The lowest BCUT2D eigenvalue weighted by Crippen LogP contribution is -2.13. The standard InChI is InChI=1S/C21H17N3O3S/c25-19-13-11-17(12-14-19)23-28(26,27)20-15-24(18-9-5-2-6-10-18)22-21(20)16-7-3-1-4-8-16/h1-15,23,25H. The van der Waals surface area contributed by atoms with Crippen LogP contribution in [0.5, 0.6) is 5.75 Å². The van der Waals surface area contributed by atoms with E-state index in [0.717, 1.165) is 5.69 Å². The number of rotatable bonds is 5. The number of hydrogen-bond donors (Lipinski definition) is 2. The molecule has 0 atom stereocenters. The van der Waals surface area contributed by atoms with Crippen molar-refractivity contribution in [3.05, 3.63) is 91.1 Å². The molecule has 3 aromatic carbocycles. The van der Waals surface area contributed by atoms with Gasteiger partial charge in [-0.15, -0.1) is 0 Å². The molecule has 0 saturated heterocycles. The number of hydrogen-bond acceptors (Lipinski definition) is 4. The molecule has 0 saturated carbocycles. The first-order chi connectivity index (χ1) is 13.5. The summed E-state index contributed by atoms with van der Waals surface area (Å²) < 4.78 is 30.3. The highest BCUT2D eigenvalue weighted by molar-refractivity contribution is 7.92. The van der Waals surface area contributed by atoms with E-state index in [1.807, 2.05) is 60.7 Å². The Labute approximate surface area is 162 Å². The molecule has 0 aliphatic rings. The number of anilines is 1. The third kappa shape index (κ3) is 3.60. The van der Waals surface area contributed by atoms with Gasteiger partial charge in [0.15, 0.2) is 0 Å². The maximum absolute atomic E-state index is 13.1. The van der Waals surface area contributed by atoms with E-state index in [4.69, 9.17) is 0 Å². The van der Waals surface area contributed by atoms with Gasteiger partial charge < -0.3 is 5.11 Å². The minimum absolute atomic E-state index is 0.0600. The fraction of sp³-hybridized carbons (Fsp3) is 0. The SMILES string of the molecule is O=S(=O)(Nc1ccc(O)cc1)c1cn(-c2ccccc2)nc1-c1ccccc1. The van der Waals surface area contributed by atoms with E-state index in [1.54, 1.807) is 4.68 Å². The van der Waals surface area contributed by atoms with Gasteiger partial charge in [-0.1, -0.05) is 48.5 Å². The van der Waals surface area contributed by atoms with Gasteiger partial charge in [0.25, 0.3) is 10.0 Å². The minimum Gasteiger partial charge on any atom is -0.508 e. The molecule has 0 amide bonds. The van der Waals surface area contributed by atoms with Crippen LogP contribution in [0.3, 0.4) is 0 Å². The molecule has 0 bridgehead atoms. The lowest BCUT2D eigenvalue weighted by molar-refractivity contribution is 0.475. The lowest BCUT2D eigenvalue weighted by Gasteiger charge is -2.08. The maximum atomic E-state index is 13.1. The van der Waals surface area contributed by atoms with Crippen LogP contribution < -0.4 is 4.72 Å².